The Morgan fingerprint density at radius 1 is 1.48 bits per heavy atom. The number of anilines is 1. The number of methoxy groups -OCH3 is 1. The van der Waals surface area contributed by atoms with Gasteiger partial charge in [0.1, 0.15) is 5.82 Å². The lowest BCUT2D eigenvalue weighted by Gasteiger charge is -2.33. The molecule has 2 heterocycles. The molecule has 122 valence electrons. The molecule has 1 unspecified atom stereocenters. The van der Waals surface area contributed by atoms with E-state index in [0.717, 1.165) is 24.3 Å². The SMILES string of the molecule is COCc1cc(N2CCCC(C(=O)O)C2)c2cc(F)ccc2n1. The van der Waals surface area contributed by atoms with Crippen LogP contribution in [-0.2, 0) is 16.1 Å². The molecule has 23 heavy (non-hydrogen) atoms. The number of halogens is 1. The molecule has 0 amide bonds. The largest absolute Gasteiger partial charge is 0.481 e. The summed E-state index contributed by atoms with van der Waals surface area (Å²) in [4.78, 5) is 17.8. The first kappa shape index (κ1) is 15.7. The summed E-state index contributed by atoms with van der Waals surface area (Å²) in [6, 6.07) is 6.35. The van der Waals surface area contributed by atoms with Crippen molar-refractivity contribution in [3.63, 3.8) is 0 Å². The fraction of sp³-hybridized carbons (Fsp3) is 0.412. The van der Waals surface area contributed by atoms with Crippen LogP contribution in [0, 0.1) is 11.7 Å². The van der Waals surface area contributed by atoms with Crippen LogP contribution >= 0.6 is 0 Å². The molecule has 1 aliphatic heterocycles. The van der Waals surface area contributed by atoms with Crippen molar-refractivity contribution in [2.24, 2.45) is 5.92 Å². The number of nitrogens with zero attached hydrogens (tertiary/aromatic N) is 2. The summed E-state index contributed by atoms with van der Waals surface area (Å²) in [6.07, 6.45) is 1.48. The van der Waals surface area contributed by atoms with Gasteiger partial charge in [0.05, 0.1) is 23.7 Å². The van der Waals surface area contributed by atoms with Crippen LogP contribution in [0.1, 0.15) is 18.5 Å². The maximum atomic E-state index is 13.7. The van der Waals surface area contributed by atoms with E-state index in [2.05, 4.69) is 4.98 Å². The number of piperidine rings is 1. The Morgan fingerprint density at radius 2 is 2.30 bits per heavy atom. The van der Waals surface area contributed by atoms with Crippen molar-refractivity contribution in [3.05, 3.63) is 35.8 Å². The van der Waals surface area contributed by atoms with E-state index < -0.39 is 11.9 Å². The van der Waals surface area contributed by atoms with Crippen LogP contribution < -0.4 is 4.90 Å². The number of aliphatic carboxylic acids is 1. The van der Waals surface area contributed by atoms with E-state index in [0.29, 0.717) is 30.5 Å². The average molecular weight is 318 g/mol. The zero-order chi connectivity index (χ0) is 16.4. The van der Waals surface area contributed by atoms with Gasteiger partial charge in [0, 0.05) is 31.3 Å². The van der Waals surface area contributed by atoms with Crippen LogP contribution in [0.25, 0.3) is 10.9 Å². The van der Waals surface area contributed by atoms with Gasteiger partial charge >= 0.3 is 5.97 Å². The number of hydrogen-bond acceptors (Lipinski definition) is 4. The van der Waals surface area contributed by atoms with Gasteiger partial charge in [-0.15, -0.1) is 0 Å². The van der Waals surface area contributed by atoms with E-state index in [9.17, 15) is 14.3 Å². The minimum absolute atomic E-state index is 0.327. The van der Waals surface area contributed by atoms with E-state index >= 15 is 0 Å². The predicted molar refractivity (Wildman–Crippen MR) is 85.0 cm³/mol. The lowest BCUT2D eigenvalue weighted by Crippen LogP contribution is -2.38. The number of aromatic nitrogens is 1. The second-order valence-corrected chi connectivity index (χ2v) is 5.85. The molecule has 1 atom stereocenters. The number of carboxylic acid groups (broad SMARTS) is 1. The monoisotopic (exact) mass is 318 g/mol. The zero-order valence-electron chi connectivity index (χ0n) is 13.0. The number of carboxylic acids is 1. The molecule has 0 aliphatic carbocycles. The Morgan fingerprint density at radius 3 is 3.04 bits per heavy atom. The van der Waals surface area contributed by atoms with Gasteiger partial charge in [0.25, 0.3) is 0 Å². The fourth-order valence-electron chi connectivity index (χ4n) is 3.11. The molecule has 1 aromatic heterocycles. The maximum Gasteiger partial charge on any atom is 0.308 e. The van der Waals surface area contributed by atoms with E-state index in [1.807, 2.05) is 11.0 Å². The number of carbonyl (C=O) groups is 1. The Labute approximate surface area is 133 Å². The van der Waals surface area contributed by atoms with Gasteiger partial charge in [-0.3, -0.25) is 9.78 Å². The van der Waals surface area contributed by atoms with Gasteiger partial charge in [-0.05, 0) is 37.1 Å². The van der Waals surface area contributed by atoms with Crippen molar-refractivity contribution in [1.82, 2.24) is 4.98 Å². The van der Waals surface area contributed by atoms with Gasteiger partial charge in [0.15, 0.2) is 0 Å². The van der Waals surface area contributed by atoms with Crippen molar-refractivity contribution in [3.8, 4) is 0 Å². The van der Waals surface area contributed by atoms with Crippen LogP contribution in [0.3, 0.4) is 0 Å². The van der Waals surface area contributed by atoms with Gasteiger partial charge in [0.2, 0.25) is 0 Å². The minimum atomic E-state index is -0.781. The molecule has 5 nitrogen and oxygen atoms in total. The molecule has 3 rings (SSSR count). The summed E-state index contributed by atoms with van der Waals surface area (Å²) in [6.45, 7) is 1.54. The first-order valence-electron chi connectivity index (χ1n) is 7.64. The van der Waals surface area contributed by atoms with E-state index in [4.69, 9.17) is 4.74 Å². The number of fused-ring (bicyclic) bond motifs is 1. The molecule has 1 fully saturated rings. The van der Waals surface area contributed by atoms with E-state index in [-0.39, 0.29) is 5.82 Å². The summed E-state index contributed by atoms with van der Waals surface area (Å²) in [7, 11) is 1.59. The maximum absolute atomic E-state index is 13.7. The van der Waals surface area contributed by atoms with E-state index in [1.165, 1.54) is 12.1 Å². The number of hydrogen-bond donors (Lipinski definition) is 1. The number of ether oxygens (including phenoxy) is 1. The number of pyridine rings is 1. The number of benzene rings is 1. The highest BCUT2D eigenvalue weighted by molar-refractivity contribution is 5.92. The first-order valence-corrected chi connectivity index (χ1v) is 7.64. The molecule has 6 heteroatoms. The Bertz CT molecular complexity index is 735. The number of rotatable bonds is 4. The molecule has 1 N–H and O–H groups in total. The van der Waals surface area contributed by atoms with Crippen LogP contribution in [0.5, 0.6) is 0 Å². The van der Waals surface area contributed by atoms with Crippen molar-refractivity contribution < 1.29 is 19.0 Å². The third kappa shape index (κ3) is 3.27. The Hall–Kier alpha value is -2.21. The normalized spacial score (nSPS) is 18.3. The van der Waals surface area contributed by atoms with E-state index in [1.54, 1.807) is 13.2 Å². The predicted octanol–water partition coefficient (Wildman–Crippen LogP) is 2.82. The molecule has 1 aliphatic rings. The highest BCUT2D eigenvalue weighted by Gasteiger charge is 2.26. The Balaban J connectivity index is 2.06. The summed E-state index contributed by atoms with van der Waals surface area (Å²) < 4.78 is 18.8. The van der Waals surface area contributed by atoms with Gasteiger partial charge in [-0.1, -0.05) is 0 Å². The van der Waals surface area contributed by atoms with Crippen molar-refractivity contribution in [1.29, 1.82) is 0 Å². The lowest BCUT2D eigenvalue weighted by atomic mass is 9.97. The topological polar surface area (TPSA) is 62.7 Å². The highest BCUT2D eigenvalue weighted by atomic mass is 19.1. The average Bonchev–Trinajstić information content (AvgIpc) is 2.55. The molecule has 1 aromatic carbocycles. The van der Waals surface area contributed by atoms with Crippen molar-refractivity contribution in [2.45, 2.75) is 19.4 Å². The van der Waals surface area contributed by atoms with Gasteiger partial charge < -0.3 is 14.7 Å². The second kappa shape index (κ2) is 6.50. The molecule has 2 aromatic rings. The van der Waals surface area contributed by atoms with Crippen LogP contribution in [0.2, 0.25) is 0 Å². The zero-order valence-corrected chi connectivity index (χ0v) is 13.0. The van der Waals surface area contributed by atoms with Crippen molar-refractivity contribution >= 4 is 22.6 Å². The molecule has 0 radical (unpaired) electrons. The van der Waals surface area contributed by atoms with Crippen LogP contribution in [0.15, 0.2) is 24.3 Å². The first-order chi connectivity index (χ1) is 11.1. The van der Waals surface area contributed by atoms with Crippen LogP contribution in [0.4, 0.5) is 10.1 Å². The molecule has 0 saturated carbocycles. The minimum Gasteiger partial charge on any atom is -0.481 e. The summed E-state index contributed by atoms with van der Waals surface area (Å²) in [5.74, 6) is -1.51. The fourth-order valence-corrected chi connectivity index (χ4v) is 3.11. The van der Waals surface area contributed by atoms with Crippen LogP contribution in [-0.4, -0.2) is 36.3 Å². The molecule has 0 bridgehead atoms. The standard InChI is InChI=1S/C17H19FN2O3/c1-23-10-13-8-16(14-7-12(18)4-5-15(14)19-13)20-6-2-3-11(9-20)17(21)22/h4-5,7-8,11H,2-3,6,9-10H2,1H3,(H,21,22). The van der Waals surface area contributed by atoms with Crippen molar-refractivity contribution in [2.75, 3.05) is 25.1 Å². The van der Waals surface area contributed by atoms with Gasteiger partial charge in [-0.2, -0.15) is 0 Å². The molecular formula is C17H19FN2O3. The van der Waals surface area contributed by atoms with Gasteiger partial charge in [-0.25, -0.2) is 4.39 Å². The second-order valence-electron chi connectivity index (χ2n) is 5.85. The lowest BCUT2D eigenvalue weighted by molar-refractivity contribution is -0.141. The smallest absolute Gasteiger partial charge is 0.308 e. The Kier molecular flexibility index (Phi) is 4.43. The molecule has 1 saturated heterocycles. The third-order valence-corrected chi connectivity index (χ3v) is 4.21. The molecular weight excluding hydrogens is 299 g/mol. The highest BCUT2D eigenvalue weighted by Crippen LogP contribution is 2.31. The molecule has 0 spiro atoms. The third-order valence-electron chi connectivity index (χ3n) is 4.21. The quantitative estimate of drug-likeness (QED) is 0.939. The summed E-state index contributed by atoms with van der Waals surface area (Å²) >= 11 is 0. The summed E-state index contributed by atoms with van der Waals surface area (Å²) in [5, 5.41) is 9.98. The summed E-state index contributed by atoms with van der Waals surface area (Å²) in [5.41, 5.74) is 2.26.